The number of aromatic nitrogens is 1. The first kappa shape index (κ1) is 11.6. The molecule has 3 nitrogen and oxygen atoms in total. The molecule has 0 fully saturated rings. The second-order valence-electron chi connectivity index (χ2n) is 4.31. The molecule has 16 heavy (non-hydrogen) atoms. The summed E-state index contributed by atoms with van der Waals surface area (Å²) in [6.45, 7) is 5.23. The second kappa shape index (κ2) is 5.43. The minimum Gasteiger partial charge on any atom is -0.365 e. The van der Waals surface area contributed by atoms with Gasteiger partial charge in [0, 0.05) is 24.0 Å². The second-order valence-corrected chi connectivity index (χ2v) is 5.58. The summed E-state index contributed by atoms with van der Waals surface area (Å²) in [5.41, 5.74) is 0. The van der Waals surface area contributed by atoms with Crippen molar-refractivity contribution in [1.82, 2.24) is 10.3 Å². The number of amidine groups is 1. The van der Waals surface area contributed by atoms with Crippen molar-refractivity contribution in [3.8, 4) is 0 Å². The van der Waals surface area contributed by atoms with E-state index in [1.807, 2.05) is 6.20 Å². The van der Waals surface area contributed by atoms with Gasteiger partial charge in [-0.2, -0.15) is 0 Å². The van der Waals surface area contributed by atoms with E-state index >= 15 is 0 Å². The van der Waals surface area contributed by atoms with E-state index in [-0.39, 0.29) is 6.04 Å². The quantitative estimate of drug-likeness (QED) is 0.858. The zero-order valence-corrected chi connectivity index (χ0v) is 10.8. The Labute approximate surface area is 101 Å². The highest BCUT2D eigenvalue weighted by molar-refractivity contribution is 7.11. The van der Waals surface area contributed by atoms with Crippen LogP contribution in [0.1, 0.15) is 48.5 Å². The molecule has 0 amide bonds. The molecule has 88 valence electrons. The molecule has 0 aliphatic carbocycles. The van der Waals surface area contributed by atoms with Gasteiger partial charge in [0.15, 0.2) is 0 Å². The Morgan fingerprint density at radius 1 is 1.38 bits per heavy atom. The lowest BCUT2D eigenvalue weighted by molar-refractivity contribution is 0.688. The van der Waals surface area contributed by atoms with Crippen LogP contribution in [0.4, 0.5) is 0 Å². The molecule has 4 heteroatoms. The lowest BCUT2D eigenvalue weighted by atomic mass is 10.2. The maximum Gasteiger partial charge on any atom is 0.115 e. The van der Waals surface area contributed by atoms with Crippen LogP contribution >= 0.6 is 11.3 Å². The number of hydrogen-bond donors (Lipinski definition) is 1. The molecule has 1 unspecified atom stereocenters. The average Bonchev–Trinajstić information content (AvgIpc) is 2.54. The van der Waals surface area contributed by atoms with E-state index in [1.165, 1.54) is 24.1 Å². The van der Waals surface area contributed by atoms with Crippen LogP contribution in [0.2, 0.25) is 0 Å². The summed E-state index contributed by atoms with van der Waals surface area (Å²) < 4.78 is 0. The zero-order valence-electron chi connectivity index (χ0n) is 9.99. The first-order valence-corrected chi connectivity index (χ1v) is 6.79. The molecular formula is C12H19N3S. The summed E-state index contributed by atoms with van der Waals surface area (Å²) in [6, 6.07) is 0.288. The monoisotopic (exact) mass is 237 g/mol. The van der Waals surface area contributed by atoms with Crippen molar-refractivity contribution in [2.75, 3.05) is 6.54 Å². The summed E-state index contributed by atoms with van der Waals surface area (Å²) in [5.74, 6) is 1.16. The van der Waals surface area contributed by atoms with Crippen molar-refractivity contribution >= 4 is 17.2 Å². The minimum atomic E-state index is 0.288. The Kier molecular flexibility index (Phi) is 3.93. The highest BCUT2D eigenvalue weighted by Crippen LogP contribution is 2.19. The van der Waals surface area contributed by atoms with Gasteiger partial charge in [-0.05, 0) is 26.7 Å². The molecule has 1 atom stereocenters. The fourth-order valence-corrected chi connectivity index (χ4v) is 2.65. The average molecular weight is 237 g/mol. The number of nitrogens with one attached hydrogen (secondary N) is 1. The largest absolute Gasteiger partial charge is 0.365 e. The van der Waals surface area contributed by atoms with Crippen molar-refractivity contribution in [2.24, 2.45) is 4.99 Å². The Morgan fingerprint density at radius 2 is 2.25 bits per heavy atom. The van der Waals surface area contributed by atoms with E-state index in [0.29, 0.717) is 0 Å². The van der Waals surface area contributed by atoms with Gasteiger partial charge in [0.05, 0.1) is 11.9 Å². The Morgan fingerprint density at radius 3 is 3.00 bits per heavy atom. The number of nitrogens with zero attached hydrogens (tertiary/aromatic N) is 2. The van der Waals surface area contributed by atoms with Crippen molar-refractivity contribution in [1.29, 1.82) is 0 Å². The lowest BCUT2D eigenvalue weighted by Crippen LogP contribution is -2.26. The van der Waals surface area contributed by atoms with Crippen LogP contribution in [0.15, 0.2) is 11.2 Å². The Hall–Kier alpha value is -0.900. The van der Waals surface area contributed by atoms with E-state index in [2.05, 4.69) is 29.1 Å². The lowest BCUT2D eigenvalue weighted by Gasteiger charge is -2.13. The van der Waals surface area contributed by atoms with Crippen LogP contribution in [-0.2, 0) is 0 Å². The maximum absolute atomic E-state index is 4.58. The van der Waals surface area contributed by atoms with Gasteiger partial charge in [-0.1, -0.05) is 6.42 Å². The molecular weight excluding hydrogens is 218 g/mol. The standard InChI is InChI=1S/C12H19N3S/c1-9-8-14-12(16-9)10(2)15-11-6-4-3-5-7-13-11/h8,10H,3-7H2,1-2H3,(H,13,15). The summed E-state index contributed by atoms with van der Waals surface area (Å²) in [4.78, 5) is 10.3. The topological polar surface area (TPSA) is 37.3 Å². The SMILES string of the molecule is Cc1cnc(C(C)NC2=NCCCCC2)s1. The van der Waals surface area contributed by atoms with E-state index in [4.69, 9.17) is 0 Å². The number of rotatable bonds is 2. The van der Waals surface area contributed by atoms with Crippen molar-refractivity contribution in [2.45, 2.75) is 45.6 Å². The van der Waals surface area contributed by atoms with Gasteiger partial charge in [-0.25, -0.2) is 4.98 Å². The van der Waals surface area contributed by atoms with Crippen LogP contribution in [0, 0.1) is 6.92 Å². The summed E-state index contributed by atoms with van der Waals surface area (Å²) >= 11 is 1.76. The van der Waals surface area contributed by atoms with Gasteiger partial charge < -0.3 is 5.32 Å². The number of hydrogen-bond acceptors (Lipinski definition) is 4. The van der Waals surface area contributed by atoms with Crippen LogP contribution in [0.3, 0.4) is 0 Å². The predicted molar refractivity (Wildman–Crippen MR) is 69.2 cm³/mol. The van der Waals surface area contributed by atoms with E-state index in [1.54, 1.807) is 11.3 Å². The third-order valence-corrected chi connectivity index (χ3v) is 3.86. The Balaban J connectivity index is 1.95. The summed E-state index contributed by atoms with van der Waals surface area (Å²) in [6.07, 6.45) is 6.83. The van der Waals surface area contributed by atoms with Gasteiger partial charge in [0.1, 0.15) is 5.01 Å². The molecule has 1 aliphatic heterocycles. The normalized spacial score (nSPS) is 18.8. The van der Waals surface area contributed by atoms with Crippen molar-refractivity contribution in [3.05, 3.63) is 16.1 Å². The van der Waals surface area contributed by atoms with Gasteiger partial charge in [0.2, 0.25) is 0 Å². The van der Waals surface area contributed by atoms with E-state index in [0.717, 1.165) is 23.8 Å². The first-order valence-electron chi connectivity index (χ1n) is 5.98. The molecule has 0 saturated carbocycles. The van der Waals surface area contributed by atoms with Crippen molar-refractivity contribution < 1.29 is 0 Å². The molecule has 0 saturated heterocycles. The van der Waals surface area contributed by atoms with Gasteiger partial charge >= 0.3 is 0 Å². The summed E-state index contributed by atoms with van der Waals surface area (Å²) in [5, 5.41) is 4.64. The van der Waals surface area contributed by atoms with Crippen LogP contribution in [-0.4, -0.2) is 17.4 Å². The molecule has 1 aromatic rings. The van der Waals surface area contributed by atoms with Crippen LogP contribution in [0.25, 0.3) is 0 Å². The van der Waals surface area contributed by atoms with Gasteiger partial charge in [-0.15, -0.1) is 11.3 Å². The molecule has 1 N–H and O–H groups in total. The molecule has 0 aromatic carbocycles. The highest BCUT2D eigenvalue weighted by atomic mass is 32.1. The third kappa shape index (κ3) is 3.04. The fourth-order valence-electron chi connectivity index (χ4n) is 1.88. The fraction of sp³-hybridized carbons (Fsp3) is 0.667. The minimum absolute atomic E-state index is 0.288. The number of thiazole rings is 1. The third-order valence-electron chi connectivity index (χ3n) is 2.77. The highest BCUT2D eigenvalue weighted by Gasteiger charge is 2.12. The van der Waals surface area contributed by atoms with E-state index < -0.39 is 0 Å². The zero-order chi connectivity index (χ0) is 11.4. The molecule has 2 rings (SSSR count). The maximum atomic E-state index is 4.58. The molecule has 2 heterocycles. The number of aliphatic imine (C=N–C) groups is 1. The molecule has 0 bridgehead atoms. The molecule has 1 aromatic heterocycles. The van der Waals surface area contributed by atoms with Crippen LogP contribution in [0.5, 0.6) is 0 Å². The smallest absolute Gasteiger partial charge is 0.115 e. The van der Waals surface area contributed by atoms with Crippen LogP contribution < -0.4 is 5.32 Å². The Bertz CT molecular complexity index is 370. The van der Waals surface area contributed by atoms with Crippen molar-refractivity contribution in [3.63, 3.8) is 0 Å². The van der Waals surface area contributed by atoms with Gasteiger partial charge in [-0.3, -0.25) is 4.99 Å². The van der Waals surface area contributed by atoms with Gasteiger partial charge in [0.25, 0.3) is 0 Å². The summed E-state index contributed by atoms with van der Waals surface area (Å²) in [7, 11) is 0. The first-order chi connectivity index (χ1) is 7.75. The number of aryl methyl sites for hydroxylation is 1. The predicted octanol–water partition coefficient (Wildman–Crippen LogP) is 3.07. The molecule has 0 radical (unpaired) electrons. The molecule has 0 spiro atoms. The molecule has 1 aliphatic rings. The van der Waals surface area contributed by atoms with E-state index in [9.17, 15) is 0 Å².